The highest BCUT2D eigenvalue weighted by Crippen LogP contribution is 2.38. The van der Waals surface area contributed by atoms with Crippen LogP contribution in [0.25, 0.3) is 0 Å². The summed E-state index contributed by atoms with van der Waals surface area (Å²) in [6.45, 7) is 5.29. The minimum absolute atomic E-state index is 0.0116. The number of hydrogen-bond donors (Lipinski definition) is 0. The van der Waals surface area contributed by atoms with Crippen molar-refractivity contribution in [2.75, 3.05) is 7.11 Å². The third-order valence-corrected chi connectivity index (χ3v) is 2.86. The van der Waals surface area contributed by atoms with Crippen LogP contribution in [0.2, 0.25) is 0 Å². The summed E-state index contributed by atoms with van der Waals surface area (Å²) in [4.78, 5) is 0. The minimum atomic E-state index is -4.46. The van der Waals surface area contributed by atoms with Crippen molar-refractivity contribution in [2.24, 2.45) is 0 Å². The van der Waals surface area contributed by atoms with E-state index in [1.165, 1.54) is 11.8 Å². The van der Waals surface area contributed by atoms with Crippen LogP contribution >= 0.6 is 22.6 Å². The fraction of sp³-hybridized carbons (Fsp3) is 0.667. The molecule has 0 atom stereocenters. The van der Waals surface area contributed by atoms with Crippen molar-refractivity contribution in [1.29, 1.82) is 0 Å². The predicted octanol–water partition coefficient (Wildman–Crippen LogP) is 3.27. The Kier molecular flexibility index (Phi) is 3.47. The Balaban J connectivity index is 3.44. The molecule has 0 saturated heterocycles. The summed E-state index contributed by atoms with van der Waals surface area (Å²) in [7, 11) is 1.33. The summed E-state index contributed by atoms with van der Waals surface area (Å²) in [5.41, 5.74) is -1.46. The Morgan fingerprint density at radius 3 is 2.00 bits per heavy atom. The molecular weight excluding hydrogens is 336 g/mol. The van der Waals surface area contributed by atoms with E-state index in [1.54, 1.807) is 43.4 Å². The van der Waals surface area contributed by atoms with Crippen LogP contribution in [0.3, 0.4) is 0 Å². The van der Waals surface area contributed by atoms with E-state index in [-0.39, 0.29) is 9.45 Å². The molecule has 0 saturated carbocycles. The van der Waals surface area contributed by atoms with E-state index in [1.807, 2.05) is 0 Å². The maximum Gasteiger partial charge on any atom is 0.436 e. The maximum atomic E-state index is 12.6. The summed E-state index contributed by atoms with van der Waals surface area (Å²) in [6, 6.07) is 0. The SMILES string of the molecule is COc1c(I)c(C(F)(F)F)nn1C(C)(C)C. The van der Waals surface area contributed by atoms with Crippen LogP contribution < -0.4 is 4.74 Å². The molecule has 3 nitrogen and oxygen atoms in total. The second kappa shape index (κ2) is 4.08. The Morgan fingerprint density at radius 2 is 1.75 bits per heavy atom. The van der Waals surface area contributed by atoms with Crippen LogP contribution in [-0.4, -0.2) is 16.9 Å². The first-order valence-electron chi connectivity index (χ1n) is 4.49. The average Bonchev–Trinajstić information content (AvgIpc) is 2.40. The van der Waals surface area contributed by atoms with Gasteiger partial charge >= 0.3 is 6.18 Å². The largest absolute Gasteiger partial charge is 0.480 e. The second-order valence-corrected chi connectivity index (χ2v) is 5.33. The Hall–Kier alpha value is -0.470. The van der Waals surface area contributed by atoms with Crippen molar-refractivity contribution in [2.45, 2.75) is 32.5 Å². The second-order valence-electron chi connectivity index (χ2n) is 4.25. The highest BCUT2D eigenvalue weighted by atomic mass is 127. The molecule has 0 fully saturated rings. The number of alkyl halides is 3. The Labute approximate surface area is 105 Å². The fourth-order valence-corrected chi connectivity index (χ4v) is 2.06. The molecule has 0 unspecified atom stereocenters. The van der Waals surface area contributed by atoms with E-state index in [0.29, 0.717) is 0 Å². The summed E-state index contributed by atoms with van der Waals surface area (Å²) in [5, 5.41) is 3.58. The molecule has 0 aliphatic heterocycles. The molecule has 0 aliphatic rings. The van der Waals surface area contributed by atoms with Gasteiger partial charge in [0.1, 0.15) is 3.57 Å². The van der Waals surface area contributed by atoms with Crippen LogP contribution in [0.5, 0.6) is 5.88 Å². The van der Waals surface area contributed by atoms with E-state index >= 15 is 0 Å². The highest BCUT2D eigenvalue weighted by molar-refractivity contribution is 14.1. The molecule has 0 N–H and O–H groups in total. The first kappa shape index (κ1) is 13.6. The molecule has 0 radical (unpaired) electrons. The van der Waals surface area contributed by atoms with Gasteiger partial charge in [-0.15, -0.1) is 0 Å². The molecule has 1 heterocycles. The van der Waals surface area contributed by atoms with Gasteiger partial charge in [0.25, 0.3) is 0 Å². The third kappa shape index (κ3) is 2.44. The molecule has 0 bridgehead atoms. The van der Waals surface area contributed by atoms with Gasteiger partial charge in [-0.25, -0.2) is 4.68 Å². The van der Waals surface area contributed by atoms with Gasteiger partial charge in [0.05, 0.1) is 12.6 Å². The summed E-state index contributed by atoms with van der Waals surface area (Å²) in [6.07, 6.45) is -4.46. The number of halogens is 4. The van der Waals surface area contributed by atoms with Crippen LogP contribution in [0.4, 0.5) is 13.2 Å². The van der Waals surface area contributed by atoms with Crippen molar-refractivity contribution in [3.8, 4) is 5.88 Å². The zero-order chi connectivity index (χ0) is 12.7. The molecule has 16 heavy (non-hydrogen) atoms. The van der Waals surface area contributed by atoms with Gasteiger partial charge in [-0.1, -0.05) is 0 Å². The van der Waals surface area contributed by atoms with Crippen molar-refractivity contribution in [3.63, 3.8) is 0 Å². The molecule has 1 aromatic heterocycles. The van der Waals surface area contributed by atoms with Gasteiger partial charge in [0, 0.05) is 0 Å². The summed E-state index contributed by atoms with van der Waals surface area (Å²) >= 11 is 1.60. The smallest absolute Gasteiger partial charge is 0.436 e. The number of methoxy groups -OCH3 is 1. The van der Waals surface area contributed by atoms with E-state index in [2.05, 4.69) is 5.10 Å². The normalized spacial score (nSPS) is 13.0. The molecule has 1 aromatic rings. The number of aromatic nitrogens is 2. The highest BCUT2D eigenvalue weighted by Gasteiger charge is 2.40. The van der Waals surface area contributed by atoms with Gasteiger partial charge < -0.3 is 4.74 Å². The van der Waals surface area contributed by atoms with Crippen LogP contribution in [0.15, 0.2) is 0 Å². The lowest BCUT2D eigenvalue weighted by Gasteiger charge is -2.21. The number of rotatable bonds is 1. The van der Waals surface area contributed by atoms with Crippen LogP contribution in [0, 0.1) is 3.57 Å². The van der Waals surface area contributed by atoms with Gasteiger partial charge in [-0.2, -0.15) is 18.3 Å². The Bertz CT molecular complexity index is 393. The molecule has 0 aromatic carbocycles. The van der Waals surface area contributed by atoms with E-state index in [0.717, 1.165) is 0 Å². The fourth-order valence-electron chi connectivity index (χ4n) is 1.20. The monoisotopic (exact) mass is 348 g/mol. The van der Waals surface area contributed by atoms with Crippen molar-refractivity contribution in [3.05, 3.63) is 9.26 Å². The Morgan fingerprint density at radius 1 is 1.25 bits per heavy atom. The summed E-state index contributed by atoms with van der Waals surface area (Å²) < 4.78 is 44.1. The summed E-state index contributed by atoms with van der Waals surface area (Å²) in [5.74, 6) is 0.139. The van der Waals surface area contributed by atoms with Gasteiger partial charge in [0.2, 0.25) is 5.88 Å². The van der Waals surface area contributed by atoms with Gasteiger partial charge in [-0.3, -0.25) is 0 Å². The molecular formula is C9H12F3IN2O. The lowest BCUT2D eigenvalue weighted by Crippen LogP contribution is -2.24. The van der Waals surface area contributed by atoms with Crippen molar-refractivity contribution in [1.82, 2.24) is 9.78 Å². The maximum absolute atomic E-state index is 12.6. The molecule has 92 valence electrons. The standard InChI is InChI=1S/C9H12F3IN2O/c1-8(2,3)15-7(16-4)5(13)6(14-15)9(10,11)12/h1-4H3. The zero-order valence-electron chi connectivity index (χ0n) is 9.31. The first-order valence-corrected chi connectivity index (χ1v) is 5.57. The van der Waals surface area contributed by atoms with E-state index in [4.69, 9.17) is 4.74 Å². The minimum Gasteiger partial charge on any atom is -0.480 e. The van der Waals surface area contributed by atoms with Gasteiger partial charge in [0.15, 0.2) is 5.69 Å². The van der Waals surface area contributed by atoms with E-state index < -0.39 is 17.4 Å². The van der Waals surface area contributed by atoms with Crippen LogP contribution in [0.1, 0.15) is 26.5 Å². The number of hydrogen-bond acceptors (Lipinski definition) is 2. The van der Waals surface area contributed by atoms with E-state index in [9.17, 15) is 13.2 Å². The van der Waals surface area contributed by atoms with Gasteiger partial charge in [-0.05, 0) is 43.4 Å². The lowest BCUT2D eigenvalue weighted by molar-refractivity contribution is -0.142. The average molecular weight is 348 g/mol. The molecule has 0 spiro atoms. The quantitative estimate of drug-likeness (QED) is 0.729. The van der Waals surface area contributed by atoms with Crippen molar-refractivity contribution < 1.29 is 17.9 Å². The first-order chi connectivity index (χ1) is 7.09. The van der Waals surface area contributed by atoms with Crippen LogP contribution in [-0.2, 0) is 11.7 Å². The third-order valence-electron chi connectivity index (χ3n) is 1.89. The van der Waals surface area contributed by atoms with Crippen molar-refractivity contribution >= 4 is 22.6 Å². The lowest BCUT2D eigenvalue weighted by atomic mass is 10.1. The molecule has 0 amide bonds. The topological polar surface area (TPSA) is 27.1 Å². The molecule has 0 aliphatic carbocycles. The predicted molar refractivity (Wildman–Crippen MR) is 61.5 cm³/mol. The number of nitrogens with zero attached hydrogens (tertiary/aromatic N) is 2. The zero-order valence-corrected chi connectivity index (χ0v) is 11.5. The number of ether oxygens (including phenoxy) is 1. The molecule has 1 rings (SSSR count). The molecule has 7 heteroatoms.